The van der Waals surface area contributed by atoms with E-state index in [0.717, 1.165) is 12.8 Å². The molecule has 3 heteroatoms. The average Bonchev–Trinajstić information content (AvgIpc) is 2.14. The summed E-state index contributed by atoms with van der Waals surface area (Å²) in [5.41, 5.74) is 5.34. The third-order valence-corrected chi connectivity index (χ3v) is 1.29. The zero-order valence-electron chi connectivity index (χ0n) is 4.67. The molecule has 0 amide bonds. The number of nitrogens with zero attached hydrogens (tertiary/aromatic N) is 1. The molecule has 3 N–H and O–H groups in total. The van der Waals surface area contributed by atoms with Gasteiger partial charge in [-0.05, 0) is 6.42 Å². The van der Waals surface area contributed by atoms with Gasteiger partial charge in [0.05, 0.1) is 18.5 Å². The van der Waals surface area contributed by atoms with Crippen molar-refractivity contribution in [3.63, 3.8) is 0 Å². The van der Waals surface area contributed by atoms with Gasteiger partial charge in [0, 0.05) is 6.42 Å². The Balaban J connectivity index is 2.41. The quantitative estimate of drug-likeness (QED) is 0.482. The van der Waals surface area contributed by atoms with Gasteiger partial charge in [-0.3, -0.25) is 4.99 Å². The molecule has 0 fully saturated rings. The van der Waals surface area contributed by atoms with Gasteiger partial charge in [0.25, 0.3) is 0 Å². The van der Waals surface area contributed by atoms with Gasteiger partial charge in [-0.2, -0.15) is 0 Å². The molecule has 0 spiro atoms. The van der Waals surface area contributed by atoms with Gasteiger partial charge in [-0.15, -0.1) is 0 Å². The first-order valence-electron chi connectivity index (χ1n) is 2.76. The molecule has 8 heavy (non-hydrogen) atoms. The summed E-state index contributed by atoms with van der Waals surface area (Å²) in [4.78, 5) is 3.95. The summed E-state index contributed by atoms with van der Waals surface area (Å²) < 4.78 is 0. The van der Waals surface area contributed by atoms with Gasteiger partial charge in [-0.1, -0.05) is 0 Å². The molecular formula is C5H10N2O. The fourth-order valence-electron chi connectivity index (χ4n) is 0.810. The number of aliphatic imine (C=N–C) groups is 1. The van der Waals surface area contributed by atoms with Gasteiger partial charge in [0.15, 0.2) is 0 Å². The van der Waals surface area contributed by atoms with Gasteiger partial charge in [0.2, 0.25) is 0 Å². The van der Waals surface area contributed by atoms with Crippen LogP contribution in [-0.4, -0.2) is 23.6 Å². The summed E-state index contributed by atoms with van der Waals surface area (Å²) in [6.07, 6.45) is 1.77. The number of hydrogen-bond acceptors (Lipinski definition) is 3. The monoisotopic (exact) mass is 114 g/mol. The standard InChI is InChI=1S/C5H10N2O/c6-5-2-1-4(3-8)7-5/h4,8H,1-3H2,(H2,6,7). The Morgan fingerprint density at radius 1 is 1.88 bits per heavy atom. The van der Waals surface area contributed by atoms with Gasteiger partial charge in [-0.25, -0.2) is 0 Å². The molecule has 0 radical (unpaired) electrons. The van der Waals surface area contributed by atoms with Crippen molar-refractivity contribution in [2.24, 2.45) is 10.7 Å². The highest BCUT2D eigenvalue weighted by atomic mass is 16.3. The van der Waals surface area contributed by atoms with Crippen molar-refractivity contribution < 1.29 is 5.11 Å². The normalized spacial score (nSPS) is 28.1. The number of hydrogen-bond donors (Lipinski definition) is 2. The van der Waals surface area contributed by atoms with Crippen molar-refractivity contribution in [3.05, 3.63) is 0 Å². The molecule has 1 aliphatic heterocycles. The molecule has 3 nitrogen and oxygen atoms in total. The zero-order chi connectivity index (χ0) is 5.98. The first-order chi connectivity index (χ1) is 3.83. The van der Waals surface area contributed by atoms with Crippen molar-refractivity contribution in [1.29, 1.82) is 0 Å². The van der Waals surface area contributed by atoms with E-state index in [9.17, 15) is 0 Å². The van der Waals surface area contributed by atoms with Gasteiger partial charge < -0.3 is 10.8 Å². The third kappa shape index (κ3) is 0.980. The van der Waals surface area contributed by atoms with Crippen molar-refractivity contribution in [3.8, 4) is 0 Å². The van der Waals surface area contributed by atoms with Crippen LogP contribution in [0, 0.1) is 0 Å². The van der Waals surface area contributed by atoms with Crippen LogP contribution in [-0.2, 0) is 0 Å². The molecule has 46 valence electrons. The number of rotatable bonds is 1. The Morgan fingerprint density at radius 3 is 2.88 bits per heavy atom. The van der Waals surface area contributed by atoms with E-state index in [-0.39, 0.29) is 12.6 Å². The molecule has 0 saturated carbocycles. The lowest BCUT2D eigenvalue weighted by molar-refractivity contribution is 0.267. The van der Waals surface area contributed by atoms with E-state index in [4.69, 9.17) is 10.8 Å². The number of aliphatic hydroxyl groups excluding tert-OH is 1. The maximum absolute atomic E-state index is 8.52. The maximum atomic E-state index is 8.52. The molecule has 0 aromatic heterocycles. The molecule has 1 rings (SSSR count). The Labute approximate surface area is 48.2 Å². The SMILES string of the molecule is NC1=NC(CO)CC1. The lowest BCUT2D eigenvalue weighted by atomic mass is 10.2. The molecule has 1 aliphatic rings. The van der Waals surface area contributed by atoms with E-state index in [1.807, 2.05) is 0 Å². The molecule has 1 heterocycles. The smallest absolute Gasteiger partial charge is 0.0942 e. The fraction of sp³-hybridized carbons (Fsp3) is 0.800. The second kappa shape index (κ2) is 2.13. The predicted molar refractivity (Wildman–Crippen MR) is 31.7 cm³/mol. The lowest BCUT2D eigenvalue weighted by Gasteiger charge is -1.95. The molecule has 0 bridgehead atoms. The molecular weight excluding hydrogens is 104 g/mol. The van der Waals surface area contributed by atoms with Crippen molar-refractivity contribution in [1.82, 2.24) is 0 Å². The van der Waals surface area contributed by atoms with E-state index in [1.165, 1.54) is 0 Å². The second-order valence-corrected chi connectivity index (χ2v) is 2.00. The largest absolute Gasteiger partial charge is 0.394 e. The van der Waals surface area contributed by atoms with Crippen molar-refractivity contribution in [2.45, 2.75) is 18.9 Å². The topological polar surface area (TPSA) is 58.6 Å². The van der Waals surface area contributed by atoms with Crippen molar-refractivity contribution >= 4 is 5.84 Å². The van der Waals surface area contributed by atoms with Crippen LogP contribution < -0.4 is 5.73 Å². The third-order valence-electron chi connectivity index (χ3n) is 1.29. The molecule has 1 unspecified atom stereocenters. The molecule has 0 aliphatic carbocycles. The molecule has 0 aromatic rings. The number of nitrogens with two attached hydrogens (primary N) is 1. The highest BCUT2D eigenvalue weighted by Gasteiger charge is 2.12. The molecule has 1 atom stereocenters. The summed E-state index contributed by atoms with van der Waals surface area (Å²) in [7, 11) is 0. The molecule has 0 saturated heterocycles. The van der Waals surface area contributed by atoms with Gasteiger partial charge >= 0.3 is 0 Å². The van der Waals surface area contributed by atoms with Crippen LogP contribution in [0.4, 0.5) is 0 Å². The maximum Gasteiger partial charge on any atom is 0.0942 e. The Bertz CT molecular complexity index is 111. The summed E-state index contributed by atoms with van der Waals surface area (Å²) in [5, 5.41) is 8.52. The second-order valence-electron chi connectivity index (χ2n) is 2.00. The first kappa shape index (κ1) is 5.56. The van der Waals surface area contributed by atoms with Crippen molar-refractivity contribution in [2.75, 3.05) is 6.61 Å². The summed E-state index contributed by atoms with van der Waals surface area (Å²) in [5.74, 6) is 0.684. The van der Waals surface area contributed by atoms with E-state index < -0.39 is 0 Å². The Hall–Kier alpha value is -0.570. The number of aliphatic hydroxyl groups is 1. The van der Waals surface area contributed by atoms with Crippen LogP contribution in [0.3, 0.4) is 0 Å². The van der Waals surface area contributed by atoms with Gasteiger partial charge in [0.1, 0.15) is 0 Å². The van der Waals surface area contributed by atoms with E-state index in [1.54, 1.807) is 0 Å². The van der Waals surface area contributed by atoms with E-state index >= 15 is 0 Å². The molecule has 0 aromatic carbocycles. The van der Waals surface area contributed by atoms with Crippen LogP contribution in [0.25, 0.3) is 0 Å². The van der Waals surface area contributed by atoms with Crippen LogP contribution in [0.2, 0.25) is 0 Å². The average molecular weight is 114 g/mol. The Kier molecular flexibility index (Phi) is 1.48. The van der Waals surface area contributed by atoms with E-state index in [0.29, 0.717) is 5.84 Å². The minimum absolute atomic E-state index is 0.0926. The minimum atomic E-state index is 0.0926. The number of amidine groups is 1. The Morgan fingerprint density at radius 2 is 2.62 bits per heavy atom. The van der Waals surface area contributed by atoms with E-state index in [2.05, 4.69) is 4.99 Å². The van der Waals surface area contributed by atoms with Crippen LogP contribution in [0.1, 0.15) is 12.8 Å². The highest BCUT2D eigenvalue weighted by Crippen LogP contribution is 2.08. The summed E-state index contributed by atoms with van der Waals surface area (Å²) in [6, 6.07) is 0.0926. The lowest BCUT2D eigenvalue weighted by Crippen LogP contribution is -2.07. The fourth-order valence-corrected chi connectivity index (χ4v) is 0.810. The van der Waals surface area contributed by atoms with Crippen LogP contribution in [0.5, 0.6) is 0 Å². The first-order valence-corrected chi connectivity index (χ1v) is 2.76. The predicted octanol–water partition coefficient (Wildman–Crippen LogP) is -0.502. The van der Waals surface area contributed by atoms with Crippen LogP contribution in [0.15, 0.2) is 4.99 Å². The van der Waals surface area contributed by atoms with Crippen LogP contribution >= 0.6 is 0 Å². The highest BCUT2D eigenvalue weighted by molar-refractivity contribution is 5.82. The minimum Gasteiger partial charge on any atom is -0.394 e. The zero-order valence-corrected chi connectivity index (χ0v) is 4.67. The summed E-state index contributed by atoms with van der Waals surface area (Å²) >= 11 is 0. The summed E-state index contributed by atoms with van der Waals surface area (Å²) in [6.45, 7) is 0.140.